The van der Waals surface area contributed by atoms with Gasteiger partial charge in [-0.25, -0.2) is 0 Å². The Bertz CT molecular complexity index is 541. The van der Waals surface area contributed by atoms with E-state index in [1.807, 2.05) is 0 Å². The van der Waals surface area contributed by atoms with Gasteiger partial charge in [-0.05, 0) is 18.2 Å². The zero-order valence-corrected chi connectivity index (χ0v) is 13.0. The van der Waals surface area contributed by atoms with Crippen LogP contribution >= 0.6 is 11.6 Å². The fourth-order valence-electron chi connectivity index (χ4n) is 1.70. The number of nitrogens with one attached hydrogen (secondary N) is 3. The molecule has 0 aliphatic rings. The molecule has 0 bridgehead atoms. The lowest BCUT2D eigenvalue weighted by molar-refractivity contribution is -0.113. The second kappa shape index (κ2) is 9.78. The number of benzene rings is 1. The molecular weight excluding hydrogens is 326 g/mol. The van der Waals surface area contributed by atoms with Crippen LogP contribution in [-0.4, -0.2) is 60.1 Å². The molecule has 0 aliphatic heterocycles. The molecule has 0 saturated heterocycles. The van der Waals surface area contributed by atoms with Crippen molar-refractivity contribution in [3.63, 3.8) is 0 Å². The highest BCUT2D eigenvalue weighted by Gasteiger charge is 2.14. The fourth-order valence-corrected chi connectivity index (χ4v) is 1.77. The number of amides is 3. The monoisotopic (exact) mass is 343 g/mol. The quantitative estimate of drug-likeness (QED) is 0.399. The summed E-state index contributed by atoms with van der Waals surface area (Å²) in [6.07, 6.45) is 0. The third-order valence-electron chi connectivity index (χ3n) is 2.66. The summed E-state index contributed by atoms with van der Waals surface area (Å²) in [7, 11) is 0. The van der Waals surface area contributed by atoms with E-state index in [9.17, 15) is 14.4 Å². The predicted molar refractivity (Wildman–Crippen MR) is 84.6 cm³/mol. The van der Waals surface area contributed by atoms with Gasteiger partial charge in [0.25, 0.3) is 11.8 Å². The van der Waals surface area contributed by atoms with Crippen LogP contribution in [0.1, 0.15) is 20.7 Å². The van der Waals surface area contributed by atoms with Crippen molar-refractivity contribution in [1.29, 1.82) is 0 Å². The van der Waals surface area contributed by atoms with E-state index in [0.29, 0.717) is 0 Å². The van der Waals surface area contributed by atoms with Crippen molar-refractivity contribution in [2.24, 2.45) is 0 Å². The van der Waals surface area contributed by atoms with Crippen molar-refractivity contribution >= 4 is 35.0 Å². The molecule has 23 heavy (non-hydrogen) atoms. The smallest absolute Gasteiger partial charge is 0.251 e. The summed E-state index contributed by atoms with van der Waals surface area (Å²) < 4.78 is 0. The van der Waals surface area contributed by atoms with Gasteiger partial charge in [0.15, 0.2) is 0 Å². The third-order valence-corrected chi connectivity index (χ3v) is 2.90. The van der Waals surface area contributed by atoms with Crippen LogP contribution in [0.25, 0.3) is 0 Å². The average Bonchev–Trinajstić information content (AvgIpc) is 2.56. The van der Waals surface area contributed by atoms with Crippen molar-refractivity contribution in [3.05, 3.63) is 29.3 Å². The maximum absolute atomic E-state index is 12.0. The number of carbonyl (C=O) groups is 3. The Labute approximate surface area is 137 Å². The number of hydrogen-bond acceptors (Lipinski definition) is 5. The first-order chi connectivity index (χ1) is 11.0. The zero-order valence-electron chi connectivity index (χ0n) is 12.3. The highest BCUT2D eigenvalue weighted by molar-refractivity contribution is 6.29. The normalized spacial score (nSPS) is 10.0. The molecule has 1 aromatic rings. The summed E-state index contributed by atoms with van der Waals surface area (Å²) >= 11 is 5.42. The molecule has 5 N–H and O–H groups in total. The molecule has 126 valence electrons. The Balaban J connectivity index is 3.08. The first-order valence-electron chi connectivity index (χ1n) is 6.80. The molecule has 1 aromatic carbocycles. The van der Waals surface area contributed by atoms with Crippen LogP contribution in [0.15, 0.2) is 18.2 Å². The minimum Gasteiger partial charge on any atom is -0.395 e. The van der Waals surface area contributed by atoms with E-state index in [1.165, 1.54) is 18.2 Å². The van der Waals surface area contributed by atoms with Crippen molar-refractivity contribution < 1.29 is 24.6 Å². The minimum absolute atomic E-state index is 0.0587. The fraction of sp³-hybridized carbons (Fsp3) is 0.357. The van der Waals surface area contributed by atoms with E-state index in [0.717, 1.165) is 0 Å². The van der Waals surface area contributed by atoms with E-state index < -0.39 is 17.7 Å². The van der Waals surface area contributed by atoms with Gasteiger partial charge in [0, 0.05) is 29.9 Å². The standard InChI is InChI=1S/C14H18ClN3O5/c15-8-12(21)18-11-6-9(13(22)16-1-3-19)5-10(7-11)14(23)17-2-4-20/h5-7,19-20H,1-4,8H2,(H,16,22)(H,17,23)(H,18,21). The van der Waals surface area contributed by atoms with Gasteiger partial charge in [0.05, 0.1) is 13.2 Å². The van der Waals surface area contributed by atoms with Crippen LogP contribution in [0.4, 0.5) is 5.69 Å². The molecule has 0 atom stereocenters. The second-order valence-electron chi connectivity index (χ2n) is 4.44. The van der Waals surface area contributed by atoms with Crippen molar-refractivity contribution in [2.45, 2.75) is 0 Å². The van der Waals surface area contributed by atoms with Crippen LogP contribution in [0, 0.1) is 0 Å². The largest absolute Gasteiger partial charge is 0.395 e. The van der Waals surface area contributed by atoms with Crippen LogP contribution < -0.4 is 16.0 Å². The number of anilines is 1. The number of rotatable bonds is 8. The molecule has 3 amide bonds. The maximum Gasteiger partial charge on any atom is 0.251 e. The van der Waals surface area contributed by atoms with Gasteiger partial charge in [-0.3, -0.25) is 14.4 Å². The molecule has 0 unspecified atom stereocenters. The summed E-state index contributed by atoms with van der Waals surface area (Å²) in [4.78, 5) is 35.3. The minimum atomic E-state index is -0.503. The van der Waals surface area contributed by atoms with Gasteiger partial charge in [-0.15, -0.1) is 11.6 Å². The number of hydrogen-bond donors (Lipinski definition) is 5. The molecule has 0 aromatic heterocycles. The number of aliphatic hydroxyl groups excluding tert-OH is 2. The van der Waals surface area contributed by atoms with Crippen molar-refractivity contribution in [3.8, 4) is 0 Å². The van der Waals surface area contributed by atoms with Crippen LogP contribution in [0.2, 0.25) is 0 Å². The summed E-state index contributed by atoms with van der Waals surface area (Å²) in [5, 5.41) is 24.8. The highest BCUT2D eigenvalue weighted by Crippen LogP contribution is 2.16. The average molecular weight is 344 g/mol. The van der Waals surface area contributed by atoms with E-state index in [-0.39, 0.29) is 49.0 Å². The molecule has 1 rings (SSSR count). The van der Waals surface area contributed by atoms with Crippen LogP contribution in [0.5, 0.6) is 0 Å². The summed E-state index contributed by atoms with van der Waals surface area (Å²) in [6, 6.07) is 4.12. The molecule has 0 aliphatic carbocycles. The van der Waals surface area contributed by atoms with Gasteiger partial charge in [0.2, 0.25) is 5.91 Å². The van der Waals surface area contributed by atoms with Gasteiger partial charge in [-0.1, -0.05) is 0 Å². The molecule has 0 saturated carbocycles. The molecule has 8 nitrogen and oxygen atoms in total. The predicted octanol–water partition coefficient (Wildman–Crippen LogP) is -0.692. The maximum atomic E-state index is 12.0. The molecule has 0 heterocycles. The number of alkyl halides is 1. The van der Waals surface area contributed by atoms with E-state index >= 15 is 0 Å². The lowest BCUT2D eigenvalue weighted by Crippen LogP contribution is -2.29. The second-order valence-corrected chi connectivity index (χ2v) is 4.71. The van der Waals surface area contributed by atoms with Gasteiger partial charge < -0.3 is 26.2 Å². The topological polar surface area (TPSA) is 128 Å². The van der Waals surface area contributed by atoms with E-state index in [4.69, 9.17) is 21.8 Å². The SMILES string of the molecule is O=C(CCl)Nc1cc(C(=O)NCCO)cc(C(=O)NCCO)c1. The number of carbonyl (C=O) groups excluding carboxylic acids is 3. The Morgan fingerprint density at radius 3 is 1.78 bits per heavy atom. The Kier molecular flexibility index (Phi) is 8.03. The van der Waals surface area contributed by atoms with Crippen molar-refractivity contribution in [1.82, 2.24) is 10.6 Å². The number of halogens is 1. The lowest BCUT2D eigenvalue weighted by Gasteiger charge is -2.11. The van der Waals surface area contributed by atoms with E-state index in [1.54, 1.807) is 0 Å². The highest BCUT2D eigenvalue weighted by atomic mass is 35.5. The van der Waals surface area contributed by atoms with Crippen LogP contribution in [-0.2, 0) is 4.79 Å². The zero-order chi connectivity index (χ0) is 17.2. The first kappa shape index (κ1) is 18.9. The van der Waals surface area contributed by atoms with Gasteiger partial charge >= 0.3 is 0 Å². The van der Waals surface area contributed by atoms with Crippen molar-refractivity contribution in [2.75, 3.05) is 37.5 Å². The molecule has 0 fully saturated rings. The lowest BCUT2D eigenvalue weighted by atomic mass is 10.1. The Morgan fingerprint density at radius 1 is 0.913 bits per heavy atom. The van der Waals surface area contributed by atoms with Gasteiger partial charge in [0.1, 0.15) is 5.88 Å². The van der Waals surface area contributed by atoms with Crippen LogP contribution in [0.3, 0.4) is 0 Å². The van der Waals surface area contributed by atoms with E-state index in [2.05, 4.69) is 16.0 Å². The summed E-state index contributed by atoms with van der Waals surface area (Å²) in [6.45, 7) is -0.331. The third kappa shape index (κ3) is 6.23. The molecule has 0 radical (unpaired) electrons. The van der Waals surface area contributed by atoms with Gasteiger partial charge in [-0.2, -0.15) is 0 Å². The Hall–Kier alpha value is -2.16. The summed E-state index contributed by atoms with van der Waals surface area (Å²) in [5.74, 6) is -1.76. The summed E-state index contributed by atoms with van der Waals surface area (Å²) in [5.41, 5.74) is 0.515. The Morgan fingerprint density at radius 2 is 1.39 bits per heavy atom. The molecule has 0 spiro atoms. The number of aliphatic hydroxyl groups is 2. The molecular formula is C14H18ClN3O5. The molecule has 9 heteroatoms. The first-order valence-corrected chi connectivity index (χ1v) is 7.34.